The van der Waals surface area contributed by atoms with Crippen molar-refractivity contribution in [3.05, 3.63) is 57.1 Å². The molecule has 0 radical (unpaired) electrons. The summed E-state index contributed by atoms with van der Waals surface area (Å²) in [6.07, 6.45) is 2.30. The van der Waals surface area contributed by atoms with E-state index in [9.17, 15) is 27.7 Å². The van der Waals surface area contributed by atoms with E-state index in [4.69, 9.17) is 4.98 Å². The third-order valence-corrected chi connectivity index (χ3v) is 7.80. The molecule has 10 nitrogen and oxygen atoms in total. The fourth-order valence-electron chi connectivity index (χ4n) is 4.25. The summed E-state index contributed by atoms with van der Waals surface area (Å²) in [6.45, 7) is 1.72. The summed E-state index contributed by atoms with van der Waals surface area (Å²) < 4.78 is 39.3. The molecule has 2 fully saturated rings. The normalized spacial score (nSPS) is 19.6. The van der Waals surface area contributed by atoms with Crippen LogP contribution in [0.25, 0.3) is 11.0 Å². The molecule has 1 saturated heterocycles. The number of amides is 1. The molecular formula is C21H20FN5O5S. The summed E-state index contributed by atoms with van der Waals surface area (Å²) >= 11 is 0. The molecule has 0 bridgehead atoms. The van der Waals surface area contributed by atoms with Gasteiger partial charge >= 0.3 is 5.69 Å². The Hall–Kier alpha value is -3.41. The number of aromatic nitrogens is 3. The highest BCUT2D eigenvalue weighted by Crippen LogP contribution is 2.41. The van der Waals surface area contributed by atoms with Crippen molar-refractivity contribution in [1.29, 1.82) is 0 Å². The average Bonchev–Trinajstić information content (AvgIpc) is 3.47. The molecule has 1 atom stereocenters. The Morgan fingerprint density at radius 2 is 2.03 bits per heavy atom. The highest BCUT2D eigenvalue weighted by atomic mass is 32.2. The molecule has 5 rings (SSSR count). The van der Waals surface area contributed by atoms with Crippen molar-refractivity contribution in [3.63, 3.8) is 0 Å². The topological polar surface area (TPSA) is 137 Å². The number of rotatable bonds is 5. The second kappa shape index (κ2) is 7.58. The Balaban J connectivity index is 1.58. The van der Waals surface area contributed by atoms with Gasteiger partial charge in [-0.3, -0.25) is 14.9 Å². The van der Waals surface area contributed by atoms with Gasteiger partial charge in [-0.25, -0.2) is 18.1 Å². The zero-order valence-corrected chi connectivity index (χ0v) is 18.4. The first-order valence-electron chi connectivity index (χ1n) is 10.5. The second-order valence-electron chi connectivity index (χ2n) is 8.53. The lowest BCUT2D eigenvalue weighted by Crippen LogP contribution is -2.15. The van der Waals surface area contributed by atoms with Crippen molar-refractivity contribution in [2.24, 2.45) is 0 Å². The van der Waals surface area contributed by atoms with Gasteiger partial charge in [-0.15, -0.1) is 0 Å². The van der Waals surface area contributed by atoms with Gasteiger partial charge in [0.2, 0.25) is 5.82 Å². The zero-order chi connectivity index (χ0) is 23.5. The van der Waals surface area contributed by atoms with E-state index in [0.29, 0.717) is 28.7 Å². The maximum absolute atomic E-state index is 13.7. The fraction of sp³-hybridized carbons (Fsp3) is 0.381. The Kier molecular flexibility index (Phi) is 4.92. The summed E-state index contributed by atoms with van der Waals surface area (Å²) in [5.74, 6) is -1.27. The molecule has 1 amide bonds. The van der Waals surface area contributed by atoms with Crippen molar-refractivity contribution in [1.82, 2.24) is 14.8 Å². The van der Waals surface area contributed by atoms with Gasteiger partial charge in [-0.2, -0.15) is 9.49 Å². The molecule has 1 unspecified atom stereocenters. The lowest BCUT2D eigenvalue weighted by molar-refractivity contribution is -0.387. The van der Waals surface area contributed by atoms with Crippen LogP contribution in [0.15, 0.2) is 24.3 Å². The number of nitro groups is 1. The molecule has 1 N–H and O–H groups in total. The van der Waals surface area contributed by atoms with Crippen LogP contribution in [0.1, 0.15) is 53.0 Å². The Labute approximate surface area is 187 Å². The van der Waals surface area contributed by atoms with Gasteiger partial charge < -0.3 is 5.32 Å². The molecule has 2 aromatic heterocycles. The molecular weight excluding hydrogens is 453 g/mol. The number of hydrogen-bond donors (Lipinski definition) is 1. The molecule has 12 heteroatoms. The number of pyridine rings is 1. The first-order chi connectivity index (χ1) is 15.6. The standard InChI is InChI=1S/C21H20FN5O5S/c1-11-19-15(21(28)23-13-4-5-16(22)18(8-13)27(29)30)9-17(12-2-3-12)24-20(19)26(25-11)14-6-7-33(31,32)10-14/h4-5,8-9,12,14H,2-3,6-7,10H2,1H3,(H,23,28). The third kappa shape index (κ3) is 3.94. The second-order valence-corrected chi connectivity index (χ2v) is 10.8. The Morgan fingerprint density at radius 3 is 2.67 bits per heavy atom. The van der Waals surface area contributed by atoms with Crippen LogP contribution in [0, 0.1) is 22.9 Å². The number of aryl methyl sites for hydroxylation is 1. The monoisotopic (exact) mass is 473 g/mol. The first-order valence-corrected chi connectivity index (χ1v) is 12.3. The number of hydrogen-bond acceptors (Lipinski definition) is 7. The van der Waals surface area contributed by atoms with Gasteiger partial charge in [-0.1, -0.05) is 0 Å². The summed E-state index contributed by atoms with van der Waals surface area (Å²) in [5.41, 5.74) is 1.34. The molecule has 172 valence electrons. The minimum absolute atomic E-state index is 0.0284. The summed E-state index contributed by atoms with van der Waals surface area (Å²) in [6, 6.07) is 4.48. The first kappa shape index (κ1) is 21.4. The number of carbonyl (C=O) groups excluding carboxylic acids is 1. The van der Waals surface area contributed by atoms with Crippen LogP contribution in [-0.4, -0.2) is 45.5 Å². The van der Waals surface area contributed by atoms with Gasteiger partial charge in [0.1, 0.15) is 0 Å². The Bertz CT molecular complexity index is 1430. The van der Waals surface area contributed by atoms with Crippen LogP contribution >= 0.6 is 0 Å². The molecule has 3 heterocycles. The lowest BCUT2D eigenvalue weighted by Gasteiger charge is -2.12. The smallest absolute Gasteiger partial charge is 0.306 e. The number of anilines is 1. The minimum Gasteiger partial charge on any atom is -0.322 e. The van der Waals surface area contributed by atoms with E-state index >= 15 is 0 Å². The van der Waals surface area contributed by atoms with E-state index in [-0.39, 0.29) is 29.2 Å². The SMILES string of the molecule is Cc1nn(C2CCS(=O)(=O)C2)c2nc(C3CC3)cc(C(=O)Nc3ccc(F)c([N+](=O)[O-])c3)c12. The molecule has 1 aromatic carbocycles. The molecule has 1 aliphatic heterocycles. The predicted octanol–water partition coefficient (Wildman–Crippen LogP) is 3.28. The van der Waals surface area contributed by atoms with Gasteiger partial charge in [0.05, 0.1) is 39.1 Å². The maximum atomic E-state index is 13.7. The quantitative estimate of drug-likeness (QED) is 0.443. The van der Waals surface area contributed by atoms with E-state index in [1.807, 2.05) is 0 Å². The number of sulfone groups is 1. The number of nitrogens with zero attached hydrogens (tertiary/aromatic N) is 4. The number of benzene rings is 1. The van der Waals surface area contributed by atoms with Gasteiger partial charge in [0.25, 0.3) is 5.91 Å². The summed E-state index contributed by atoms with van der Waals surface area (Å²) in [4.78, 5) is 28.2. The van der Waals surface area contributed by atoms with Crippen LogP contribution in [0.4, 0.5) is 15.8 Å². The van der Waals surface area contributed by atoms with E-state index in [1.54, 1.807) is 17.7 Å². The van der Waals surface area contributed by atoms with Crippen molar-refractivity contribution in [3.8, 4) is 0 Å². The van der Waals surface area contributed by atoms with Crippen LogP contribution in [-0.2, 0) is 9.84 Å². The van der Waals surface area contributed by atoms with Crippen molar-refractivity contribution in [2.45, 2.75) is 38.1 Å². The van der Waals surface area contributed by atoms with E-state index < -0.39 is 32.2 Å². The van der Waals surface area contributed by atoms with Crippen molar-refractivity contribution < 1.29 is 22.5 Å². The van der Waals surface area contributed by atoms with Crippen molar-refractivity contribution in [2.75, 3.05) is 16.8 Å². The largest absolute Gasteiger partial charge is 0.322 e. The van der Waals surface area contributed by atoms with Crippen LogP contribution in [0.5, 0.6) is 0 Å². The van der Waals surface area contributed by atoms with Gasteiger partial charge in [0, 0.05) is 23.4 Å². The van der Waals surface area contributed by atoms with E-state index in [2.05, 4.69) is 10.4 Å². The van der Waals surface area contributed by atoms with Gasteiger partial charge in [-0.05, 0) is 44.4 Å². The highest BCUT2D eigenvalue weighted by Gasteiger charge is 2.34. The maximum Gasteiger partial charge on any atom is 0.306 e. The molecule has 0 spiro atoms. The molecule has 2 aliphatic rings. The third-order valence-electron chi connectivity index (χ3n) is 6.05. The van der Waals surface area contributed by atoms with Crippen LogP contribution in [0.3, 0.4) is 0 Å². The Morgan fingerprint density at radius 1 is 1.27 bits per heavy atom. The number of nitro benzene ring substituents is 1. The lowest BCUT2D eigenvalue weighted by atomic mass is 10.1. The number of halogens is 1. The number of nitrogens with one attached hydrogen (secondary N) is 1. The molecule has 3 aromatic rings. The number of fused-ring (bicyclic) bond motifs is 1. The van der Waals surface area contributed by atoms with Crippen molar-refractivity contribution >= 4 is 38.2 Å². The zero-order valence-electron chi connectivity index (χ0n) is 17.6. The van der Waals surface area contributed by atoms with E-state index in [1.165, 1.54) is 6.07 Å². The van der Waals surface area contributed by atoms with Crippen LogP contribution < -0.4 is 5.32 Å². The van der Waals surface area contributed by atoms with E-state index in [0.717, 1.165) is 30.7 Å². The number of carbonyl (C=O) groups is 1. The van der Waals surface area contributed by atoms with Gasteiger partial charge in [0.15, 0.2) is 15.5 Å². The van der Waals surface area contributed by atoms with Crippen LogP contribution in [0.2, 0.25) is 0 Å². The molecule has 1 aliphatic carbocycles. The highest BCUT2D eigenvalue weighted by molar-refractivity contribution is 7.91. The fourth-order valence-corrected chi connectivity index (χ4v) is 5.94. The minimum atomic E-state index is -3.15. The summed E-state index contributed by atoms with van der Waals surface area (Å²) in [5, 5.41) is 18.7. The molecule has 33 heavy (non-hydrogen) atoms. The predicted molar refractivity (Wildman–Crippen MR) is 118 cm³/mol. The molecule has 1 saturated carbocycles. The summed E-state index contributed by atoms with van der Waals surface area (Å²) in [7, 11) is -3.15. The average molecular weight is 473 g/mol.